The highest BCUT2D eigenvalue weighted by atomic mass is 35.5. The number of carbonyl (C=O) groups excluding carboxylic acids is 1. The fourth-order valence-electron chi connectivity index (χ4n) is 2.63. The lowest BCUT2D eigenvalue weighted by Gasteiger charge is -2.16. The summed E-state index contributed by atoms with van der Waals surface area (Å²) in [6, 6.07) is 12.0. The molecule has 132 valence electrons. The molecular weight excluding hydrogens is 361 g/mol. The van der Waals surface area contributed by atoms with Crippen LogP contribution in [0.5, 0.6) is 0 Å². The van der Waals surface area contributed by atoms with Gasteiger partial charge in [-0.1, -0.05) is 54.4 Å². The molecule has 0 aliphatic heterocycles. The maximum absolute atomic E-state index is 12.1. The van der Waals surface area contributed by atoms with Crippen molar-refractivity contribution in [2.75, 3.05) is 6.54 Å². The van der Waals surface area contributed by atoms with Crippen molar-refractivity contribution < 1.29 is 14.7 Å². The lowest BCUT2D eigenvalue weighted by atomic mass is 10.0. The number of amides is 1. The van der Waals surface area contributed by atoms with Crippen molar-refractivity contribution in [3.63, 3.8) is 0 Å². The maximum atomic E-state index is 12.1. The molecule has 0 bridgehead atoms. The van der Waals surface area contributed by atoms with E-state index in [1.54, 1.807) is 36.4 Å². The van der Waals surface area contributed by atoms with Crippen LogP contribution >= 0.6 is 23.2 Å². The first-order chi connectivity index (χ1) is 11.9. The van der Waals surface area contributed by atoms with Crippen molar-refractivity contribution >= 4 is 35.1 Å². The highest BCUT2D eigenvalue weighted by Crippen LogP contribution is 2.30. The molecule has 0 radical (unpaired) electrons. The number of carboxylic acid groups (broad SMARTS) is 1. The molecule has 2 rings (SSSR count). The van der Waals surface area contributed by atoms with Crippen LogP contribution in [0.3, 0.4) is 0 Å². The van der Waals surface area contributed by atoms with E-state index in [0.717, 1.165) is 5.56 Å². The van der Waals surface area contributed by atoms with Gasteiger partial charge in [0.15, 0.2) is 0 Å². The SMILES string of the molecule is CC(CNC(=O)CCc1ccccc1C(=O)O)c1c(Cl)cccc1Cl. The monoisotopic (exact) mass is 379 g/mol. The van der Waals surface area contributed by atoms with Crippen LogP contribution in [0.15, 0.2) is 42.5 Å². The molecule has 1 atom stereocenters. The molecule has 2 aromatic carbocycles. The Morgan fingerprint density at radius 3 is 2.36 bits per heavy atom. The molecule has 0 aromatic heterocycles. The Bertz CT molecular complexity index is 757. The summed E-state index contributed by atoms with van der Waals surface area (Å²) in [5.74, 6) is -1.16. The molecule has 2 N–H and O–H groups in total. The zero-order chi connectivity index (χ0) is 18.4. The van der Waals surface area contributed by atoms with E-state index in [4.69, 9.17) is 28.3 Å². The highest BCUT2D eigenvalue weighted by molar-refractivity contribution is 6.36. The topological polar surface area (TPSA) is 66.4 Å². The van der Waals surface area contributed by atoms with Gasteiger partial charge < -0.3 is 10.4 Å². The second-order valence-corrected chi connectivity index (χ2v) is 6.62. The van der Waals surface area contributed by atoms with Gasteiger partial charge in [-0.3, -0.25) is 4.79 Å². The Labute approximate surface area is 156 Å². The smallest absolute Gasteiger partial charge is 0.335 e. The average molecular weight is 380 g/mol. The van der Waals surface area contributed by atoms with Crippen LogP contribution in [0.2, 0.25) is 10.0 Å². The summed E-state index contributed by atoms with van der Waals surface area (Å²) in [4.78, 5) is 23.3. The number of carboxylic acids is 1. The van der Waals surface area contributed by atoms with Gasteiger partial charge in [-0.15, -0.1) is 0 Å². The van der Waals surface area contributed by atoms with Crippen molar-refractivity contribution in [1.82, 2.24) is 5.32 Å². The molecule has 0 spiro atoms. The number of halogens is 2. The number of carbonyl (C=O) groups is 2. The third-order valence-electron chi connectivity index (χ3n) is 3.97. The van der Waals surface area contributed by atoms with E-state index in [1.807, 2.05) is 6.92 Å². The van der Waals surface area contributed by atoms with Crippen molar-refractivity contribution in [3.05, 3.63) is 69.2 Å². The Kier molecular flexibility index (Phi) is 6.85. The lowest BCUT2D eigenvalue weighted by Crippen LogP contribution is -2.28. The van der Waals surface area contributed by atoms with E-state index in [-0.39, 0.29) is 23.8 Å². The molecule has 0 fully saturated rings. The fraction of sp³-hybridized carbons (Fsp3) is 0.263. The Morgan fingerprint density at radius 1 is 1.08 bits per heavy atom. The number of hydrogen-bond acceptors (Lipinski definition) is 2. The van der Waals surface area contributed by atoms with Crippen LogP contribution in [-0.4, -0.2) is 23.5 Å². The molecule has 0 saturated heterocycles. The minimum atomic E-state index is -0.988. The van der Waals surface area contributed by atoms with Crippen LogP contribution in [0.4, 0.5) is 0 Å². The summed E-state index contributed by atoms with van der Waals surface area (Å²) in [6.45, 7) is 2.34. The van der Waals surface area contributed by atoms with Gasteiger partial charge in [0.2, 0.25) is 5.91 Å². The quantitative estimate of drug-likeness (QED) is 0.741. The van der Waals surface area contributed by atoms with E-state index < -0.39 is 5.97 Å². The van der Waals surface area contributed by atoms with E-state index in [0.29, 0.717) is 28.6 Å². The molecule has 1 unspecified atom stereocenters. The maximum Gasteiger partial charge on any atom is 0.335 e. The van der Waals surface area contributed by atoms with Gasteiger partial charge >= 0.3 is 5.97 Å². The lowest BCUT2D eigenvalue weighted by molar-refractivity contribution is -0.121. The van der Waals surface area contributed by atoms with E-state index in [2.05, 4.69) is 5.32 Å². The molecule has 25 heavy (non-hydrogen) atoms. The summed E-state index contributed by atoms with van der Waals surface area (Å²) < 4.78 is 0. The largest absolute Gasteiger partial charge is 0.478 e. The first-order valence-electron chi connectivity index (χ1n) is 7.92. The molecule has 0 saturated carbocycles. The number of rotatable bonds is 7. The van der Waals surface area contributed by atoms with Gasteiger partial charge in [0.1, 0.15) is 0 Å². The van der Waals surface area contributed by atoms with Gasteiger partial charge in [0, 0.05) is 28.9 Å². The molecule has 0 heterocycles. The number of benzene rings is 2. The fourth-order valence-corrected chi connectivity index (χ4v) is 3.40. The Balaban J connectivity index is 1.90. The summed E-state index contributed by atoms with van der Waals surface area (Å²) in [5.41, 5.74) is 1.68. The molecule has 0 aliphatic rings. The summed E-state index contributed by atoms with van der Waals surface area (Å²) in [5, 5.41) is 13.2. The molecule has 2 aromatic rings. The molecule has 4 nitrogen and oxygen atoms in total. The number of aromatic carboxylic acids is 1. The van der Waals surface area contributed by atoms with Crippen LogP contribution < -0.4 is 5.32 Å². The molecular formula is C19H19Cl2NO3. The van der Waals surface area contributed by atoms with Gasteiger partial charge in [0.05, 0.1) is 5.56 Å². The zero-order valence-electron chi connectivity index (χ0n) is 13.8. The van der Waals surface area contributed by atoms with Gasteiger partial charge in [-0.2, -0.15) is 0 Å². The van der Waals surface area contributed by atoms with Crippen molar-refractivity contribution in [3.8, 4) is 0 Å². The van der Waals surface area contributed by atoms with Crippen LogP contribution in [0.1, 0.15) is 40.7 Å². The van der Waals surface area contributed by atoms with E-state index in [1.165, 1.54) is 6.07 Å². The van der Waals surface area contributed by atoms with Crippen LogP contribution in [0.25, 0.3) is 0 Å². The number of hydrogen-bond donors (Lipinski definition) is 2. The van der Waals surface area contributed by atoms with Gasteiger partial charge in [-0.25, -0.2) is 4.79 Å². The van der Waals surface area contributed by atoms with Crippen molar-refractivity contribution in [2.24, 2.45) is 0 Å². The minimum Gasteiger partial charge on any atom is -0.478 e. The van der Waals surface area contributed by atoms with Gasteiger partial charge in [-0.05, 0) is 35.7 Å². The van der Waals surface area contributed by atoms with Gasteiger partial charge in [0.25, 0.3) is 0 Å². The second kappa shape index (κ2) is 8.88. The normalized spacial score (nSPS) is 11.8. The summed E-state index contributed by atoms with van der Waals surface area (Å²) >= 11 is 12.4. The third-order valence-corrected chi connectivity index (χ3v) is 4.63. The summed E-state index contributed by atoms with van der Waals surface area (Å²) in [6.07, 6.45) is 0.586. The standard InChI is InChI=1S/C19H19Cl2NO3/c1-12(18-15(20)7-4-8-16(18)21)11-22-17(23)10-9-13-5-2-3-6-14(13)19(24)25/h2-8,12H,9-11H2,1H3,(H,22,23)(H,24,25). The van der Waals surface area contributed by atoms with E-state index in [9.17, 15) is 9.59 Å². The predicted octanol–water partition coefficient (Wildman–Crippen LogP) is 4.54. The Morgan fingerprint density at radius 2 is 1.72 bits per heavy atom. The van der Waals surface area contributed by atoms with E-state index >= 15 is 0 Å². The predicted molar refractivity (Wildman–Crippen MR) is 99.6 cm³/mol. The zero-order valence-corrected chi connectivity index (χ0v) is 15.3. The number of aryl methyl sites for hydroxylation is 1. The van der Waals surface area contributed by atoms with Crippen molar-refractivity contribution in [2.45, 2.75) is 25.7 Å². The van der Waals surface area contributed by atoms with Crippen LogP contribution in [0, 0.1) is 0 Å². The number of nitrogens with one attached hydrogen (secondary N) is 1. The second-order valence-electron chi connectivity index (χ2n) is 5.80. The molecule has 6 heteroatoms. The van der Waals surface area contributed by atoms with Crippen LogP contribution in [-0.2, 0) is 11.2 Å². The minimum absolute atomic E-state index is 0.0311. The molecule has 0 aliphatic carbocycles. The Hall–Kier alpha value is -2.04. The third kappa shape index (κ3) is 5.21. The van der Waals surface area contributed by atoms with Crippen molar-refractivity contribution in [1.29, 1.82) is 0 Å². The first-order valence-corrected chi connectivity index (χ1v) is 8.67. The average Bonchev–Trinajstić information content (AvgIpc) is 2.58. The highest BCUT2D eigenvalue weighted by Gasteiger charge is 2.15. The summed E-state index contributed by atoms with van der Waals surface area (Å²) in [7, 11) is 0. The molecule has 1 amide bonds. The first kappa shape index (κ1) is 19.3.